The number of benzene rings is 1. The number of nitrogens with one attached hydrogen (secondary N) is 2. The molecule has 0 saturated carbocycles. The number of hydrogen-bond donors (Lipinski definition) is 3. The monoisotopic (exact) mass is 259 g/mol. The number of rotatable bonds is 6. The molecule has 6 nitrogen and oxygen atoms in total. The Balaban J connectivity index is 2.67. The highest BCUT2D eigenvalue weighted by Crippen LogP contribution is 2.17. The molecule has 1 atom stereocenters. The highest BCUT2D eigenvalue weighted by molar-refractivity contribution is 6.45. The van der Waals surface area contributed by atoms with E-state index in [9.17, 15) is 0 Å². The van der Waals surface area contributed by atoms with Crippen LogP contribution in [0.5, 0.6) is 5.75 Å². The normalized spacial score (nSPS) is 12.4. The van der Waals surface area contributed by atoms with Crippen molar-refractivity contribution in [3.63, 3.8) is 0 Å². The van der Waals surface area contributed by atoms with E-state index in [0.717, 1.165) is 12.2 Å². The summed E-state index contributed by atoms with van der Waals surface area (Å²) in [4.78, 5) is 0. The van der Waals surface area contributed by atoms with Gasteiger partial charge in [0.25, 0.3) is 0 Å². The maximum Gasteiger partial charge on any atom is 0.201 e. The van der Waals surface area contributed by atoms with Crippen molar-refractivity contribution in [2.75, 3.05) is 5.43 Å². The molecule has 4 N–H and O–H groups in total. The Morgan fingerprint density at radius 3 is 2.63 bits per heavy atom. The third-order valence-electron chi connectivity index (χ3n) is 2.42. The molecule has 0 aliphatic rings. The quantitative estimate of drug-likeness (QED) is 0.413. The topological polar surface area (TPSA) is 107 Å². The lowest BCUT2D eigenvalue weighted by molar-refractivity contribution is 0.217. The molecular weight excluding hydrogens is 242 g/mol. The van der Waals surface area contributed by atoms with Crippen molar-refractivity contribution in [3.8, 4) is 11.8 Å². The molecule has 0 saturated heterocycles. The predicted octanol–water partition coefficient (Wildman–Crippen LogP) is 2.09. The lowest BCUT2D eigenvalue weighted by Gasteiger charge is -2.12. The summed E-state index contributed by atoms with van der Waals surface area (Å²) < 4.78 is 5.63. The van der Waals surface area contributed by atoms with Crippen LogP contribution in [0.2, 0.25) is 0 Å². The lowest BCUT2D eigenvalue weighted by atomic mass is 10.3. The van der Waals surface area contributed by atoms with Crippen molar-refractivity contribution in [2.24, 2.45) is 10.8 Å². The fourth-order valence-electron chi connectivity index (χ4n) is 1.19. The zero-order valence-electron chi connectivity index (χ0n) is 11.0. The van der Waals surface area contributed by atoms with Crippen LogP contribution in [-0.4, -0.2) is 17.7 Å². The third-order valence-corrected chi connectivity index (χ3v) is 2.42. The van der Waals surface area contributed by atoms with E-state index in [4.69, 9.17) is 21.1 Å². The molecule has 0 spiro atoms. The smallest absolute Gasteiger partial charge is 0.201 e. The van der Waals surface area contributed by atoms with Gasteiger partial charge in [0.2, 0.25) is 5.71 Å². The van der Waals surface area contributed by atoms with E-state index in [1.807, 2.05) is 19.1 Å². The molecule has 1 unspecified atom stereocenters. The van der Waals surface area contributed by atoms with Gasteiger partial charge in [0.15, 0.2) is 5.84 Å². The lowest BCUT2D eigenvalue weighted by Crippen LogP contribution is -2.21. The van der Waals surface area contributed by atoms with E-state index >= 15 is 0 Å². The van der Waals surface area contributed by atoms with Gasteiger partial charge in [-0.3, -0.25) is 10.8 Å². The minimum Gasteiger partial charge on any atom is -0.491 e. The Morgan fingerprint density at radius 1 is 1.53 bits per heavy atom. The predicted molar refractivity (Wildman–Crippen MR) is 75.4 cm³/mol. The van der Waals surface area contributed by atoms with E-state index in [2.05, 4.69) is 17.5 Å². The van der Waals surface area contributed by atoms with E-state index in [-0.39, 0.29) is 17.7 Å². The molecule has 0 aliphatic carbocycles. The van der Waals surface area contributed by atoms with Gasteiger partial charge in [-0.05, 0) is 37.6 Å². The number of nitrogens with two attached hydrogens (primary N) is 1. The second-order valence-corrected chi connectivity index (χ2v) is 3.96. The molecule has 0 fully saturated rings. The number of hydrazone groups is 1. The van der Waals surface area contributed by atoms with E-state index in [1.165, 1.54) is 0 Å². The summed E-state index contributed by atoms with van der Waals surface area (Å²) in [5.41, 5.74) is 8.37. The Kier molecular flexibility index (Phi) is 5.35. The van der Waals surface area contributed by atoms with Gasteiger partial charge in [-0.2, -0.15) is 10.4 Å². The van der Waals surface area contributed by atoms with Gasteiger partial charge in [-0.1, -0.05) is 6.92 Å². The first-order valence-electron chi connectivity index (χ1n) is 5.91. The van der Waals surface area contributed by atoms with Gasteiger partial charge >= 0.3 is 0 Å². The minimum absolute atomic E-state index is 0.153. The van der Waals surface area contributed by atoms with Gasteiger partial charge in [0, 0.05) is 0 Å². The first-order chi connectivity index (χ1) is 9.06. The van der Waals surface area contributed by atoms with Gasteiger partial charge in [0.1, 0.15) is 11.8 Å². The number of amidine groups is 1. The first kappa shape index (κ1) is 14.5. The minimum atomic E-state index is -0.369. The zero-order chi connectivity index (χ0) is 14.3. The second kappa shape index (κ2) is 7.01. The average Bonchev–Trinajstić information content (AvgIpc) is 2.40. The molecule has 0 bridgehead atoms. The van der Waals surface area contributed by atoms with Crippen LogP contribution in [0.1, 0.15) is 20.3 Å². The zero-order valence-corrected chi connectivity index (χ0v) is 11.0. The van der Waals surface area contributed by atoms with Crippen molar-refractivity contribution >= 4 is 17.2 Å². The van der Waals surface area contributed by atoms with Crippen molar-refractivity contribution in [2.45, 2.75) is 26.4 Å². The van der Waals surface area contributed by atoms with Crippen LogP contribution in [0.25, 0.3) is 0 Å². The molecule has 0 amide bonds. The molecule has 1 aromatic carbocycles. The molecule has 1 rings (SSSR count). The molecule has 6 heteroatoms. The Labute approximate surface area is 112 Å². The van der Waals surface area contributed by atoms with Crippen LogP contribution >= 0.6 is 0 Å². The van der Waals surface area contributed by atoms with E-state index < -0.39 is 0 Å². The third kappa shape index (κ3) is 4.68. The molecular formula is C13H17N5O. The van der Waals surface area contributed by atoms with Gasteiger partial charge < -0.3 is 10.5 Å². The maximum absolute atomic E-state index is 8.68. The maximum atomic E-state index is 8.68. The fraction of sp³-hybridized carbons (Fsp3) is 0.308. The van der Waals surface area contributed by atoms with E-state index in [1.54, 1.807) is 18.2 Å². The largest absolute Gasteiger partial charge is 0.491 e. The van der Waals surface area contributed by atoms with Gasteiger partial charge in [0.05, 0.1) is 11.8 Å². The summed E-state index contributed by atoms with van der Waals surface area (Å²) in [7, 11) is 0. The molecule has 0 heterocycles. The fourth-order valence-corrected chi connectivity index (χ4v) is 1.19. The standard InChI is InChI=1S/C13H17N5O/c1-3-9(2)19-11-6-4-10(5-7-11)17-18-12(8-14)13(15)16/h4-7,9,17H,3H2,1-2H3,(H3,15,16)/b18-12+. The highest BCUT2D eigenvalue weighted by atomic mass is 16.5. The van der Waals surface area contributed by atoms with Crippen LogP contribution in [-0.2, 0) is 0 Å². The van der Waals surface area contributed by atoms with Crippen LogP contribution in [0, 0.1) is 16.7 Å². The van der Waals surface area contributed by atoms with Crippen molar-refractivity contribution < 1.29 is 4.74 Å². The summed E-state index contributed by atoms with van der Waals surface area (Å²) >= 11 is 0. The average molecular weight is 259 g/mol. The molecule has 0 aliphatic heterocycles. The highest BCUT2D eigenvalue weighted by Gasteiger charge is 2.02. The summed E-state index contributed by atoms with van der Waals surface area (Å²) in [5.74, 6) is 0.405. The number of nitrogens with zero attached hydrogens (tertiary/aromatic N) is 2. The Morgan fingerprint density at radius 2 is 2.16 bits per heavy atom. The van der Waals surface area contributed by atoms with Crippen molar-refractivity contribution in [1.29, 1.82) is 10.7 Å². The van der Waals surface area contributed by atoms with Crippen LogP contribution in [0.3, 0.4) is 0 Å². The van der Waals surface area contributed by atoms with Gasteiger partial charge in [-0.25, -0.2) is 0 Å². The van der Waals surface area contributed by atoms with E-state index in [0.29, 0.717) is 5.69 Å². The summed E-state index contributed by atoms with van der Waals surface area (Å²) in [5, 5.41) is 19.5. The van der Waals surface area contributed by atoms with Crippen molar-refractivity contribution in [3.05, 3.63) is 24.3 Å². The van der Waals surface area contributed by atoms with Crippen LogP contribution < -0.4 is 15.9 Å². The summed E-state index contributed by atoms with van der Waals surface area (Å²) in [6.07, 6.45) is 1.11. The van der Waals surface area contributed by atoms with Crippen molar-refractivity contribution in [1.82, 2.24) is 0 Å². The Hall–Kier alpha value is -2.55. The number of nitriles is 1. The van der Waals surface area contributed by atoms with Crippen LogP contribution in [0.4, 0.5) is 5.69 Å². The number of anilines is 1. The molecule has 1 aromatic rings. The molecule has 100 valence electrons. The first-order valence-corrected chi connectivity index (χ1v) is 5.91. The summed E-state index contributed by atoms with van der Waals surface area (Å²) in [6.45, 7) is 4.06. The molecule has 0 radical (unpaired) electrons. The SMILES string of the molecule is CCC(C)Oc1ccc(N/N=C(\C#N)C(=N)N)cc1. The Bertz CT molecular complexity index is 501. The molecule has 19 heavy (non-hydrogen) atoms. The van der Waals surface area contributed by atoms with Gasteiger partial charge in [-0.15, -0.1) is 0 Å². The number of hydrogen-bond acceptors (Lipinski definition) is 5. The summed E-state index contributed by atoms with van der Waals surface area (Å²) in [6, 6.07) is 8.90. The molecule has 0 aromatic heterocycles. The van der Waals surface area contributed by atoms with Crippen LogP contribution in [0.15, 0.2) is 29.4 Å². The number of ether oxygens (including phenoxy) is 1. The second-order valence-electron chi connectivity index (χ2n) is 3.96.